The van der Waals surface area contributed by atoms with Crippen molar-refractivity contribution >= 4 is 5.97 Å². The fourth-order valence-electron chi connectivity index (χ4n) is 1.10. The van der Waals surface area contributed by atoms with Crippen LogP contribution in [0.4, 0.5) is 0 Å². The molecule has 4 heteroatoms. The van der Waals surface area contributed by atoms with Gasteiger partial charge in [-0.05, 0) is 17.7 Å². The number of nitrogens with two attached hydrogens (primary N) is 1. The molecule has 0 spiro atoms. The number of aliphatic hydroxyl groups excluding tert-OH is 1. The summed E-state index contributed by atoms with van der Waals surface area (Å²) < 4.78 is 4.54. The highest BCUT2D eigenvalue weighted by Crippen LogP contribution is 2.12. The van der Waals surface area contributed by atoms with Crippen molar-refractivity contribution in [3.05, 3.63) is 35.4 Å². The predicted octanol–water partition coefficient (Wildman–Crippen LogP) is 0.465. The van der Waals surface area contributed by atoms with Gasteiger partial charge in [-0.2, -0.15) is 0 Å². The fourth-order valence-corrected chi connectivity index (χ4v) is 1.10. The van der Waals surface area contributed by atoms with Crippen LogP contribution in [-0.2, 0) is 4.74 Å². The summed E-state index contributed by atoms with van der Waals surface area (Å²) in [6, 6.07) is 6.51. The second-order valence-electron chi connectivity index (χ2n) is 2.87. The summed E-state index contributed by atoms with van der Waals surface area (Å²) in [5.41, 5.74) is 6.44. The smallest absolute Gasteiger partial charge is 0.337 e. The number of hydrogen-bond acceptors (Lipinski definition) is 4. The van der Waals surface area contributed by atoms with Crippen LogP contribution in [0.2, 0.25) is 0 Å². The first kappa shape index (κ1) is 10.7. The Hall–Kier alpha value is -1.39. The number of aliphatic hydroxyl groups is 1. The lowest BCUT2D eigenvalue weighted by Crippen LogP contribution is -2.11. The van der Waals surface area contributed by atoms with Crippen molar-refractivity contribution in [1.29, 1.82) is 0 Å². The highest BCUT2D eigenvalue weighted by atomic mass is 16.5. The summed E-state index contributed by atoms with van der Waals surface area (Å²) in [7, 11) is 1.32. The van der Waals surface area contributed by atoms with Crippen LogP contribution in [0.1, 0.15) is 22.0 Å². The standard InChI is InChI=1S/C10H13NO3/c1-14-10(13)8-4-2-7(3-5-8)9(12)6-11/h2-5,9,12H,6,11H2,1H3/t9-/m1/s1. The monoisotopic (exact) mass is 195 g/mol. The molecule has 0 aliphatic carbocycles. The molecule has 1 atom stereocenters. The van der Waals surface area contributed by atoms with Crippen molar-refractivity contribution in [3.63, 3.8) is 0 Å². The Balaban J connectivity index is 2.83. The van der Waals surface area contributed by atoms with Gasteiger partial charge in [0.2, 0.25) is 0 Å². The Morgan fingerprint density at radius 3 is 2.50 bits per heavy atom. The van der Waals surface area contributed by atoms with Gasteiger partial charge in [0.05, 0.1) is 18.8 Å². The maximum absolute atomic E-state index is 11.1. The summed E-state index contributed by atoms with van der Waals surface area (Å²) in [6.07, 6.45) is -0.679. The molecule has 3 N–H and O–H groups in total. The van der Waals surface area contributed by atoms with Gasteiger partial charge in [-0.15, -0.1) is 0 Å². The van der Waals surface area contributed by atoms with Gasteiger partial charge >= 0.3 is 5.97 Å². The Morgan fingerprint density at radius 2 is 2.07 bits per heavy atom. The number of rotatable bonds is 3. The molecule has 0 radical (unpaired) electrons. The van der Waals surface area contributed by atoms with E-state index in [0.717, 1.165) is 0 Å². The topological polar surface area (TPSA) is 72.5 Å². The lowest BCUT2D eigenvalue weighted by Gasteiger charge is -2.07. The second-order valence-corrected chi connectivity index (χ2v) is 2.87. The number of carbonyl (C=O) groups is 1. The average molecular weight is 195 g/mol. The summed E-state index contributed by atoms with van der Waals surface area (Å²) in [4.78, 5) is 11.1. The largest absolute Gasteiger partial charge is 0.465 e. The van der Waals surface area contributed by atoms with Crippen LogP contribution in [0.3, 0.4) is 0 Å². The van der Waals surface area contributed by atoms with Crippen molar-refractivity contribution in [3.8, 4) is 0 Å². The van der Waals surface area contributed by atoms with Crippen LogP contribution < -0.4 is 5.73 Å². The lowest BCUT2D eigenvalue weighted by atomic mass is 10.1. The van der Waals surface area contributed by atoms with E-state index >= 15 is 0 Å². The van der Waals surface area contributed by atoms with Gasteiger partial charge in [-0.25, -0.2) is 4.79 Å². The maximum atomic E-state index is 11.1. The van der Waals surface area contributed by atoms with Crippen LogP contribution in [-0.4, -0.2) is 24.7 Å². The molecule has 14 heavy (non-hydrogen) atoms. The van der Waals surface area contributed by atoms with E-state index in [2.05, 4.69) is 4.74 Å². The zero-order valence-electron chi connectivity index (χ0n) is 7.93. The molecule has 0 saturated heterocycles. The summed E-state index contributed by atoms with van der Waals surface area (Å²) >= 11 is 0. The van der Waals surface area contributed by atoms with Crippen molar-refractivity contribution in [2.24, 2.45) is 5.73 Å². The normalized spacial score (nSPS) is 12.2. The number of carbonyl (C=O) groups excluding carboxylic acids is 1. The van der Waals surface area contributed by atoms with E-state index in [-0.39, 0.29) is 6.54 Å². The van der Waals surface area contributed by atoms with Crippen LogP contribution >= 0.6 is 0 Å². The number of hydrogen-bond donors (Lipinski definition) is 2. The van der Waals surface area contributed by atoms with Crippen LogP contribution in [0, 0.1) is 0 Å². The number of esters is 1. The van der Waals surface area contributed by atoms with Crippen molar-refractivity contribution in [1.82, 2.24) is 0 Å². The molecule has 0 fully saturated rings. The minimum Gasteiger partial charge on any atom is -0.465 e. The Labute approximate surface area is 82.3 Å². The van der Waals surface area contributed by atoms with E-state index in [1.54, 1.807) is 24.3 Å². The first-order chi connectivity index (χ1) is 6.69. The molecule has 1 aromatic carbocycles. The third-order valence-corrected chi connectivity index (χ3v) is 1.94. The van der Waals surface area contributed by atoms with E-state index < -0.39 is 12.1 Å². The fraction of sp³-hybridized carbons (Fsp3) is 0.300. The molecule has 0 saturated carbocycles. The van der Waals surface area contributed by atoms with Gasteiger partial charge in [-0.1, -0.05) is 12.1 Å². The highest BCUT2D eigenvalue weighted by Gasteiger charge is 2.07. The first-order valence-electron chi connectivity index (χ1n) is 4.25. The van der Waals surface area contributed by atoms with Crippen molar-refractivity contribution in [2.75, 3.05) is 13.7 Å². The zero-order chi connectivity index (χ0) is 10.6. The first-order valence-corrected chi connectivity index (χ1v) is 4.25. The van der Waals surface area contributed by atoms with Gasteiger partial charge in [0.25, 0.3) is 0 Å². The Morgan fingerprint density at radius 1 is 1.50 bits per heavy atom. The van der Waals surface area contributed by atoms with E-state index in [4.69, 9.17) is 5.73 Å². The quantitative estimate of drug-likeness (QED) is 0.687. The van der Waals surface area contributed by atoms with Gasteiger partial charge < -0.3 is 15.6 Å². The molecule has 0 amide bonds. The van der Waals surface area contributed by atoms with E-state index in [9.17, 15) is 9.90 Å². The molecule has 0 aliphatic heterocycles. The summed E-state index contributed by atoms with van der Waals surface area (Å²) in [6.45, 7) is 0.164. The van der Waals surface area contributed by atoms with Gasteiger partial charge in [-0.3, -0.25) is 0 Å². The molecule has 0 aromatic heterocycles. The maximum Gasteiger partial charge on any atom is 0.337 e. The average Bonchev–Trinajstić information content (AvgIpc) is 2.27. The highest BCUT2D eigenvalue weighted by molar-refractivity contribution is 5.89. The number of ether oxygens (including phenoxy) is 1. The van der Waals surface area contributed by atoms with Gasteiger partial charge in [0, 0.05) is 6.54 Å². The van der Waals surface area contributed by atoms with Gasteiger partial charge in [0.1, 0.15) is 0 Å². The molecule has 1 rings (SSSR count). The Kier molecular flexibility index (Phi) is 3.62. The molecule has 4 nitrogen and oxygen atoms in total. The SMILES string of the molecule is COC(=O)c1ccc([C@H](O)CN)cc1. The van der Waals surface area contributed by atoms with Crippen LogP contribution in [0.15, 0.2) is 24.3 Å². The minimum absolute atomic E-state index is 0.164. The van der Waals surface area contributed by atoms with Gasteiger partial charge in [0.15, 0.2) is 0 Å². The predicted molar refractivity (Wildman–Crippen MR) is 51.8 cm³/mol. The Bertz CT molecular complexity index is 308. The van der Waals surface area contributed by atoms with Crippen LogP contribution in [0.5, 0.6) is 0 Å². The molecule has 0 bridgehead atoms. The molecular weight excluding hydrogens is 182 g/mol. The molecule has 76 valence electrons. The molecule has 0 unspecified atom stereocenters. The molecular formula is C10H13NO3. The van der Waals surface area contributed by atoms with E-state index in [1.165, 1.54) is 7.11 Å². The van der Waals surface area contributed by atoms with E-state index in [0.29, 0.717) is 11.1 Å². The zero-order valence-corrected chi connectivity index (χ0v) is 7.93. The summed E-state index contributed by atoms with van der Waals surface area (Å²) in [5, 5.41) is 9.37. The molecule has 0 heterocycles. The molecule has 1 aromatic rings. The lowest BCUT2D eigenvalue weighted by molar-refractivity contribution is 0.0600. The number of methoxy groups -OCH3 is 1. The summed E-state index contributed by atoms with van der Waals surface area (Å²) in [5.74, 6) is -0.390. The third kappa shape index (κ3) is 2.31. The van der Waals surface area contributed by atoms with Crippen molar-refractivity contribution in [2.45, 2.75) is 6.10 Å². The van der Waals surface area contributed by atoms with E-state index in [1.807, 2.05) is 0 Å². The number of benzene rings is 1. The third-order valence-electron chi connectivity index (χ3n) is 1.94. The van der Waals surface area contributed by atoms with Crippen molar-refractivity contribution < 1.29 is 14.6 Å². The molecule has 0 aliphatic rings. The second kappa shape index (κ2) is 4.74. The minimum atomic E-state index is -0.679. The van der Waals surface area contributed by atoms with Crippen LogP contribution in [0.25, 0.3) is 0 Å².